The third kappa shape index (κ3) is 8.08. The van der Waals surface area contributed by atoms with E-state index >= 15 is 0 Å². The summed E-state index contributed by atoms with van der Waals surface area (Å²) in [5, 5.41) is 2.48. The van der Waals surface area contributed by atoms with Crippen LogP contribution in [0.25, 0.3) is 0 Å². The van der Waals surface area contributed by atoms with Crippen LogP contribution in [0.1, 0.15) is 51.9 Å². The van der Waals surface area contributed by atoms with Gasteiger partial charge in [-0.25, -0.2) is 4.79 Å². The molecule has 1 aromatic carbocycles. The number of ether oxygens (including phenoxy) is 1. The van der Waals surface area contributed by atoms with Crippen LogP contribution >= 0.6 is 0 Å². The minimum atomic E-state index is -2.18. The maximum Gasteiger partial charge on any atom is 0.337 e. The van der Waals surface area contributed by atoms with E-state index in [1.54, 1.807) is 0 Å². The highest BCUT2D eigenvalue weighted by molar-refractivity contribution is 6.90. The highest BCUT2D eigenvalue weighted by atomic mass is 28.4. The van der Waals surface area contributed by atoms with Crippen molar-refractivity contribution in [3.8, 4) is 0 Å². The molecule has 0 bridgehead atoms. The first-order valence-corrected chi connectivity index (χ1v) is 17.2. The van der Waals surface area contributed by atoms with E-state index in [4.69, 9.17) is 13.0 Å². The van der Waals surface area contributed by atoms with Gasteiger partial charge in [0.05, 0.1) is 12.7 Å². The predicted molar refractivity (Wildman–Crippen MR) is 125 cm³/mol. The highest BCUT2D eigenvalue weighted by Crippen LogP contribution is 2.24. The number of esters is 1. The van der Waals surface area contributed by atoms with Gasteiger partial charge in [0.25, 0.3) is 0 Å². The average Bonchev–Trinajstić information content (AvgIpc) is 2.56. The topological polar surface area (TPSA) is 44.8 Å². The zero-order valence-electron chi connectivity index (χ0n) is 19.4. The molecule has 0 spiro atoms. The molecule has 0 amide bonds. The van der Waals surface area contributed by atoms with E-state index in [1.807, 2.05) is 12.1 Å². The van der Waals surface area contributed by atoms with Gasteiger partial charge in [0.1, 0.15) is 0 Å². The molecule has 0 aliphatic heterocycles. The van der Waals surface area contributed by atoms with Crippen molar-refractivity contribution < 1.29 is 17.8 Å². The van der Waals surface area contributed by atoms with Gasteiger partial charge in [0.15, 0.2) is 0 Å². The number of carbonyl (C=O) groups is 1. The predicted octanol–water partition coefficient (Wildman–Crippen LogP) is 4.01. The first kappa shape index (κ1) is 25.5. The number of carbonyl (C=O) groups excluding carboxylic acids is 1. The summed E-state index contributed by atoms with van der Waals surface area (Å²) in [7, 11) is -2.10. The monoisotopic (exact) mass is 452 g/mol. The average molecular weight is 453 g/mol. The number of hydrogen-bond donors (Lipinski definition) is 0. The molecule has 0 aliphatic carbocycles. The summed E-state index contributed by atoms with van der Waals surface area (Å²) in [5.41, 5.74) is 0.585. The highest BCUT2D eigenvalue weighted by Gasteiger charge is 2.34. The van der Waals surface area contributed by atoms with Crippen LogP contribution in [0.4, 0.5) is 0 Å². The molecule has 0 saturated heterocycles. The normalized spacial score (nSPS) is 13.5. The summed E-state index contributed by atoms with van der Waals surface area (Å²) >= 11 is 0. The van der Waals surface area contributed by atoms with Crippen LogP contribution < -0.4 is 10.4 Å². The zero-order chi connectivity index (χ0) is 22.0. The Hall–Kier alpha value is -0.522. The van der Waals surface area contributed by atoms with Gasteiger partial charge in [-0.2, -0.15) is 0 Å². The Morgan fingerprint density at radius 3 is 1.43 bits per heavy atom. The minimum absolute atomic E-state index is 0.123. The van der Waals surface area contributed by atoms with Crippen LogP contribution in [0.2, 0.25) is 36.3 Å². The Morgan fingerprint density at radius 1 is 0.786 bits per heavy atom. The van der Waals surface area contributed by atoms with E-state index in [2.05, 4.69) is 73.8 Å². The second kappa shape index (κ2) is 9.09. The molecule has 1 rings (SSSR count). The zero-order valence-corrected chi connectivity index (χ0v) is 23.4. The fourth-order valence-electron chi connectivity index (χ4n) is 2.24. The molecule has 0 aromatic heterocycles. The quantitative estimate of drug-likeness (QED) is 0.463. The lowest BCUT2D eigenvalue weighted by atomic mass is 10.2. The van der Waals surface area contributed by atoms with Crippen molar-refractivity contribution in [3.05, 3.63) is 23.8 Å². The van der Waals surface area contributed by atoms with E-state index in [0.717, 1.165) is 10.4 Å². The lowest BCUT2D eigenvalue weighted by Gasteiger charge is -2.31. The van der Waals surface area contributed by atoms with Gasteiger partial charge >= 0.3 is 5.97 Å². The smallest absolute Gasteiger partial charge is 0.337 e. The van der Waals surface area contributed by atoms with Gasteiger partial charge in [0.2, 0.25) is 36.2 Å². The minimum Gasteiger partial charge on any atom is -0.465 e. The SMILES string of the molecule is COC(=O)c1cc([Si](C)(C)O[Si]C(C)(C)C)cc([Si](C)(C)O[Si]C(C)(C)C)c1. The van der Waals surface area contributed by atoms with Crippen molar-refractivity contribution in [1.29, 1.82) is 0 Å². The molecule has 28 heavy (non-hydrogen) atoms. The fourth-order valence-corrected chi connectivity index (χ4v) is 9.83. The van der Waals surface area contributed by atoms with Crippen molar-refractivity contribution in [2.24, 2.45) is 0 Å². The van der Waals surface area contributed by atoms with Crippen LogP contribution in [-0.2, 0) is 13.0 Å². The van der Waals surface area contributed by atoms with Gasteiger partial charge in [-0.15, -0.1) is 0 Å². The molecule has 4 radical (unpaired) electrons. The van der Waals surface area contributed by atoms with Crippen LogP contribution in [0.3, 0.4) is 0 Å². The van der Waals surface area contributed by atoms with Gasteiger partial charge in [-0.1, -0.05) is 47.6 Å². The summed E-state index contributed by atoms with van der Waals surface area (Å²) in [6.45, 7) is 21.9. The van der Waals surface area contributed by atoms with E-state index in [9.17, 15) is 4.79 Å². The van der Waals surface area contributed by atoms with E-state index < -0.39 is 16.6 Å². The Morgan fingerprint density at radius 2 is 1.14 bits per heavy atom. The fraction of sp³-hybridized carbons (Fsp3) is 0.650. The third-order valence-corrected chi connectivity index (χ3v) is 13.5. The number of hydrogen-bond acceptors (Lipinski definition) is 4. The van der Waals surface area contributed by atoms with E-state index in [-0.39, 0.29) is 16.0 Å². The number of rotatable bonds is 7. The molecule has 4 nitrogen and oxygen atoms in total. The first-order chi connectivity index (χ1) is 12.5. The number of benzene rings is 1. The molecular formula is C20H36O4Si4. The molecule has 0 fully saturated rings. The Balaban J connectivity index is 3.35. The molecule has 0 saturated carbocycles. The molecule has 1 aromatic rings. The Bertz CT molecular complexity index is 640. The van der Waals surface area contributed by atoms with Crippen molar-refractivity contribution in [1.82, 2.24) is 0 Å². The van der Waals surface area contributed by atoms with Crippen LogP contribution in [0, 0.1) is 0 Å². The first-order valence-electron chi connectivity index (χ1n) is 9.62. The van der Waals surface area contributed by atoms with Crippen LogP contribution in [0.5, 0.6) is 0 Å². The van der Waals surface area contributed by atoms with Gasteiger partial charge in [-0.3, -0.25) is 0 Å². The second-order valence-electron chi connectivity index (χ2n) is 10.2. The van der Waals surface area contributed by atoms with Crippen molar-refractivity contribution in [2.45, 2.75) is 77.8 Å². The summed E-state index contributed by atoms with van der Waals surface area (Å²) in [5.74, 6) is -0.311. The molecule has 8 heteroatoms. The largest absolute Gasteiger partial charge is 0.465 e. The summed E-state index contributed by atoms with van der Waals surface area (Å²) in [6.07, 6.45) is 0. The van der Waals surface area contributed by atoms with Crippen LogP contribution in [-0.4, -0.2) is 49.2 Å². The molecule has 0 unspecified atom stereocenters. The van der Waals surface area contributed by atoms with Gasteiger partial charge in [0, 0.05) is 0 Å². The molecule has 0 aliphatic rings. The van der Waals surface area contributed by atoms with Gasteiger partial charge < -0.3 is 13.0 Å². The summed E-state index contributed by atoms with van der Waals surface area (Å²) < 4.78 is 17.9. The third-order valence-electron chi connectivity index (χ3n) is 3.97. The Labute approximate surface area is 178 Å². The molecular weight excluding hydrogens is 417 g/mol. The lowest BCUT2D eigenvalue weighted by molar-refractivity contribution is 0.0601. The standard InChI is InChI=1S/C20H36O4Si4/c1-19(2,3)25-23-27(8,9)16-12-15(18(21)22-7)13-17(14-16)28(10,11)24-26-20(4,5)6/h12-14H,1-11H3. The maximum absolute atomic E-state index is 12.3. The molecule has 0 atom stereocenters. The molecule has 0 heterocycles. The lowest BCUT2D eigenvalue weighted by Crippen LogP contribution is -2.53. The molecule has 0 N–H and O–H groups in total. The summed E-state index contributed by atoms with van der Waals surface area (Å²) in [6, 6.07) is 6.11. The maximum atomic E-state index is 12.3. The van der Waals surface area contributed by atoms with Crippen molar-refractivity contribution in [2.75, 3.05) is 7.11 Å². The van der Waals surface area contributed by atoms with Crippen LogP contribution in [0.15, 0.2) is 18.2 Å². The van der Waals surface area contributed by atoms with Gasteiger partial charge in [-0.05, 0) is 58.8 Å². The van der Waals surface area contributed by atoms with Crippen molar-refractivity contribution in [3.63, 3.8) is 0 Å². The Kier molecular flexibility index (Phi) is 8.28. The van der Waals surface area contributed by atoms with E-state index in [1.165, 1.54) is 7.11 Å². The van der Waals surface area contributed by atoms with E-state index in [0.29, 0.717) is 25.1 Å². The van der Waals surface area contributed by atoms with Crippen molar-refractivity contribution >= 4 is 52.5 Å². The molecule has 156 valence electrons. The number of methoxy groups -OCH3 is 1. The summed E-state index contributed by atoms with van der Waals surface area (Å²) in [4.78, 5) is 12.3. The second-order valence-corrected chi connectivity index (χ2v) is 22.5.